The molecule has 0 aliphatic carbocycles. The van der Waals surface area contributed by atoms with Crippen LogP contribution in [-0.2, 0) is 19.6 Å². The number of hydrogen-bond acceptors (Lipinski definition) is 5. The van der Waals surface area contributed by atoms with Crippen LogP contribution in [0.1, 0.15) is 19.4 Å². The Morgan fingerprint density at radius 1 is 0.853 bits per heavy atom. The van der Waals surface area contributed by atoms with Gasteiger partial charge in [-0.05, 0) is 74.5 Å². The third-order valence-electron chi connectivity index (χ3n) is 4.82. The molecule has 0 atom stereocenters. The van der Waals surface area contributed by atoms with E-state index in [-0.39, 0.29) is 10.8 Å². The van der Waals surface area contributed by atoms with E-state index in [1.54, 1.807) is 60.7 Å². The number of anilines is 3. The second-order valence-corrected chi connectivity index (χ2v) is 9.42. The van der Waals surface area contributed by atoms with Gasteiger partial charge in [0.25, 0.3) is 10.0 Å². The van der Waals surface area contributed by atoms with Gasteiger partial charge in [-0.25, -0.2) is 8.42 Å². The molecule has 0 aliphatic heterocycles. The average molecular weight is 482 g/mol. The van der Waals surface area contributed by atoms with E-state index in [1.807, 2.05) is 13.8 Å². The first kappa shape index (κ1) is 24.8. The van der Waals surface area contributed by atoms with Crippen molar-refractivity contribution in [1.29, 1.82) is 0 Å². The van der Waals surface area contributed by atoms with Crippen LogP contribution in [0.5, 0.6) is 5.75 Å². The standard InChI is InChI=1S/C25H27N3O5S/c1-4-33-23-13-11-22(12-14-23)28(34(31,32)24-15-5-18(2)6-16-24)17-25(30)27-21-9-7-20(8-10-21)26-19(3)29/h5-16H,4,17H2,1-3H3,(H,26,29)(H,27,30). The van der Waals surface area contributed by atoms with Gasteiger partial charge in [0.2, 0.25) is 11.8 Å². The lowest BCUT2D eigenvalue weighted by Crippen LogP contribution is -2.38. The fraction of sp³-hybridized carbons (Fsp3) is 0.200. The molecule has 178 valence electrons. The second-order valence-electron chi connectivity index (χ2n) is 7.56. The van der Waals surface area contributed by atoms with Gasteiger partial charge in [0, 0.05) is 18.3 Å². The number of aryl methyl sites for hydroxylation is 1. The monoisotopic (exact) mass is 481 g/mol. The van der Waals surface area contributed by atoms with Gasteiger partial charge < -0.3 is 15.4 Å². The van der Waals surface area contributed by atoms with Crippen molar-refractivity contribution in [2.24, 2.45) is 0 Å². The fourth-order valence-corrected chi connectivity index (χ4v) is 4.62. The zero-order chi connectivity index (χ0) is 24.7. The van der Waals surface area contributed by atoms with Crippen LogP contribution in [-0.4, -0.2) is 33.4 Å². The molecule has 0 bridgehead atoms. The average Bonchev–Trinajstić information content (AvgIpc) is 2.79. The Hall–Kier alpha value is -3.85. The summed E-state index contributed by atoms with van der Waals surface area (Å²) < 4.78 is 33.4. The molecule has 3 aromatic rings. The van der Waals surface area contributed by atoms with Gasteiger partial charge in [-0.2, -0.15) is 0 Å². The Morgan fingerprint density at radius 2 is 1.41 bits per heavy atom. The van der Waals surface area contributed by atoms with Gasteiger partial charge in [0.1, 0.15) is 12.3 Å². The quantitative estimate of drug-likeness (QED) is 0.477. The number of nitrogens with one attached hydrogen (secondary N) is 2. The van der Waals surface area contributed by atoms with Gasteiger partial charge in [-0.15, -0.1) is 0 Å². The molecule has 0 fully saturated rings. The van der Waals surface area contributed by atoms with Crippen molar-refractivity contribution in [2.45, 2.75) is 25.7 Å². The Kier molecular flexibility index (Phi) is 7.91. The van der Waals surface area contributed by atoms with Gasteiger partial charge in [0.15, 0.2) is 0 Å². The zero-order valence-corrected chi connectivity index (χ0v) is 20.1. The normalized spacial score (nSPS) is 10.9. The van der Waals surface area contributed by atoms with Gasteiger partial charge in [-0.3, -0.25) is 13.9 Å². The van der Waals surface area contributed by atoms with Gasteiger partial charge in [0.05, 0.1) is 17.2 Å². The summed E-state index contributed by atoms with van der Waals surface area (Å²) in [7, 11) is -4.02. The van der Waals surface area contributed by atoms with E-state index in [0.717, 1.165) is 9.87 Å². The molecule has 8 nitrogen and oxygen atoms in total. The SMILES string of the molecule is CCOc1ccc(N(CC(=O)Nc2ccc(NC(C)=O)cc2)S(=O)(=O)c2ccc(C)cc2)cc1. The molecule has 0 aliphatic rings. The minimum Gasteiger partial charge on any atom is -0.494 e. The van der Waals surface area contributed by atoms with E-state index >= 15 is 0 Å². The second kappa shape index (κ2) is 10.8. The Bertz CT molecular complexity index is 1240. The lowest BCUT2D eigenvalue weighted by molar-refractivity contribution is -0.115. The molecular weight excluding hydrogens is 454 g/mol. The molecule has 0 saturated carbocycles. The number of rotatable bonds is 9. The van der Waals surface area contributed by atoms with Crippen molar-refractivity contribution in [3.8, 4) is 5.75 Å². The van der Waals surface area contributed by atoms with E-state index in [2.05, 4.69) is 10.6 Å². The van der Waals surface area contributed by atoms with Gasteiger partial charge >= 0.3 is 0 Å². The van der Waals surface area contributed by atoms with Crippen LogP contribution in [0.4, 0.5) is 17.1 Å². The third-order valence-corrected chi connectivity index (χ3v) is 6.61. The van der Waals surface area contributed by atoms with Gasteiger partial charge in [-0.1, -0.05) is 17.7 Å². The Labute approximate surface area is 199 Å². The molecule has 9 heteroatoms. The van der Waals surface area contributed by atoms with Crippen molar-refractivity contribution >= 4 is 38.9 Å². The molecule has 34 heavy (non-hydrogen) atoms. The molecule has 2 amide bonds. The maximum atomic E-state index is 13.5. The maximum Gasteiger partial charge on any atom is 0.264 e. The highest BCUT2D eigenvalue weighted by Crippen LogP contribution is 2.26. The van der Waals surface area contributed by atoms with Crippen molar-refractivity contribution in [3.05, 3.63) is 78.4 Å². The smallest absolute Gasteiger partial charge is 0.264 e. The minimum absolute atomic E-state index is 0.0828. The van der Waals surface area contributed by atoms with E-state index in [4.69, 9.17) is 4.74 Å². The van der Waals surface area contributed by atoms with Crippen LogP contribution in [0.2, 0.25) is 0 Å². The Morgan fingerprint density at radius 3 is 1.94 bits per heavy atom. The lowest BCUT2D eigenvalue weighted by Gasteiger charge is -2.24. The van der Waals surface area contributed by atoms with Crippen molar-refractivity contribution in [3.63, 3.8) is 0 Å². The molecule has 2 N–H and O–H groups in total. The van der Waals surface area contributed by atoms with E-state index in [9.17, 15) is 18.0 Å². The maximum absolute atomic E-state index is 13.5. The summed E-state index contributed by atoms with van der Waals surface area (Å²) in [5, 5.41) is 5.35. The number of nitrogens with zero attached hydrogens (tertiary/aromatic N) is 1. The van der Waals surface area contributed by atoms with E-state index < -0.39 is 22.5 Å². The molecule has 0 unspecified atom stereocenters. The summed E-state index contributed by atoms with van der Waals surface area (Å²) in [4.78, 5) is 24.1. The van der Waals surface area contributed by atoms with Crippen molar-refractivity contribution in [2.75, 3.05) is 28.1 Å². The summed E-state index contributed by atoms with van der Waals surface area (Å²) in [5.74, 6) is -0.122. The summed E-state index contributed by atoms with van der Waals surface area (Å²) in [6.45, 7) is 5.17. The minimum atomic E-state index is -4.02. The summed E-state index contributed by atoms with van der Waals surface area (Å²) in [6, 6.07) is 19.5. The largest absolute Gasteiger partial charge is 0.494 e. The van der Waals surface area contributed by atoms with Crippen LogP contribution >= 0.6 is 0 Å². The molecular formula is C25H27N3O5S. The first-order valence-corrected chi connectivity index (χ1v) is 12.1. The van der Waals surface area contributed by atoms with Crippen LogP contribution in [0.25, 0.3) is 0 Å². The first-order valence-electron chi connectivity index (χ1n) is 10.7. The summed E-state index contributed by atoms with van der Waals surface area (Å²) in [6.07, 6.45) is 0. The van der Waals surface area contributed by atoms with E-state index in [0.29, 0.717) is 29.4 Å². The molecule has 3 aromatic carbocycles. The molecule has 3 rings (SSSR count). The highest BCUT2D eigenvalue weighted by atomic mass is 32.2. The number of hydrogen-bond donors (Lipinski definition) is 2. The van der Waals surface area contributed by atoms with Crippen LogP contribution in [0.15, 0.2) is 77.7 Å². The molecule has 0 aromatic heterocycles. The molecule has 0 spiro atoms. The highest BCUT2D eigenvalue weighted by molar-refractivity contribution is 7.92. The van der Waals surface area contributed by atoms with Crippen LogP contribution < -0.4 is 19.7 Å². The predicted octanol–water partition coefficient (Wildman–Crippen LogP) is 4.19. The van der Waals surface area contributed by atoms with Crippen LogP contribution in [0, 0.1) is 6.92 Å². The summed E-state index contributed by atoms with van der Waals surface area (Å²) in [5.41, 5.74) is 2.31. The fourth-order valence-electron chi connectivity index (χ4n) is 3.20. The molecule has 0 saturated heterocycles. The summed E-state index contributed by atoms with van der Waals surface area (Å²) >= 11 is 0. The number of sulfonamides is 1. The topological polar surface area (TPSA) is 105 Å². The number of ether oxygens (including phenoxy) is 1. The predicted molar refractivity (Wildman–Crippen MR) is 133 cm³/mol. The number of carbonyl (C=O) groups is 2. The van der Waals surface area contributed by atoms with Crippen LogP contribution in [0.3, 0.4) is 0 Å². The molecule has 0 radical (unpaired) electrons. The lowest BCUT2D eigenvalue weighted by atomic mass is 10.2. The van der Waals surface area contributed by atoms with E-state index in [1.165, 1.54) is 19.1 Å². The van der Waals surface area contributed by atoms with Crippen molar-refractivity contribution < 1.29 is 22.7 Å². The zero-order valence-electron chi connectivity index (χ0n) is 19.2. The number of benzene rings is 3. The highest BCUT2D eigenvalue weighted by Gasteiger charge is 2.27. The van der Waals surface area contributed by atoms with Crippen molar-refractivity contribution in [1.82, 2.24) is 0 Å². The first-order chi connectivity index (χ1) is 16.2. The third kappa shape index (κ3) is 6.35. The number of carbonyl (C=O) groups excluding carboxylic acids is 2. The number of amides is 2. The Balaban J connectivity index is 1.86. The molecule has 0 heterocycles.